The van der Waals surface area contributed by atoms with E-state index in [0.717, 1.165) is 67.6 Å². The average molecular weight is 857 g/mol. The molecule has 0 saturated carbocycles. The van der Waals surface area contributed by atoms with Crippen LogP contribution in [-0.2, 0) is 17.1 Å². The molecule has 0 fully saturated rings. The Balaban J connectivity index is 0.000000556. The molecule has 4 aromatic carbocycles. The first kappa shape index (κ1) is 49.8. The zero-order chi connectivity index (χ0) is 41.5. The smallest absolute Gasteiger partial charge is 0.342 e. The molecule has 57 heavy (non-hydrogen) atoms. The number of aryl methyl sites for hydroxylation is 5. The maximum atomic E-state index is 6.70. The molecule has 0 aliphatic carbocycles. The van der Waals surface area contributed by atoms with Gasteiger partial charge in [-0.05, 0) is 75.1 Å². The summed E-state index contributed by atoms with van der Waals surface area (Å²) in [6.07, 6.45) is 0. The molecule has 0 aliphatic heterocycles. The maximum Gasteiger partial charge on any atom is 2.00 e. The molecular weight excluding hydrogens is 790 g/mol. The van der Waals surface area contributed by atoms with E-state index in [4.69, 9.17) is 26.6 Å². The molecule has 0 saturated heterocycles. The Bertz CT molecular complexity index is 1850. The monoisotopic (exact) mass is 855 g/mol. The summed E-state index contributed by atoms with van der Waals surface area (Å²) in [7, 11) is -1.84. The van der Waals surface area contributed by atoms with Crippen molar-refractivity contribution in [3.05, 3.63) is 172 Å². The van der Waals surface area contributed by atoms with Gasteiger partial charge in [-0.1, -0.05) is 196 Å². The van der Waals surface area contributed by atoms with E-state index in [2.05, 4.69) is 118 Å². The minimum atomic E-state index is -0.921. The second-order valence-corrected chi connectivity index (χ2v) is 26.0. The Morgan fingerprint density at radius 2 is 0.842 bits per heavy atom. The van der Waals surface area contributed by atoms with Gasteiger partial charge in [0.25, 0.3) is 0 Å². The SMILES string of the molecule is Cc1cc(C)c(N=C(c2ccccc2)c2cccc(C(=Nc3c(C)cc(C)cc3Cl)c3ccccc3)n2)c(C)c1.[CH2-][Si](CC)(CC)CC.[CH2-][Si](CC)(CC)CC.[Fe+2]. The van der Waals surface area contributed by atoms with E-state index in [0.29, 0.717) is 5.02 Å². The van der Waals surface area contributed by atoms with Crippen molar-refractivity contribution in [1.82, 2.24) is 4.98 Å². The van der Waals surface area contributed by atoms with Crippen molar-refractivity contribution >= 4 is 50.5 Å². The summed E-state index contributed by atoms with van der Waals surface area (Å²) in [6.45, 7) is 32.6. The second kappa shape index (κ2) is 23.9. The van der Waals surface area contributed by atoms with Gasteiger partial charge in [-0.15, -0.1) is 0 Å². The van der Waals surface area contributed by atoms with Gasteiger partial charge in [0.15, 0.2) is 0 Å². The van der Waals surface area contributed by atoms with Crippen LogP contribution in [0.4, 0.5) is 11.4 Å². The van der Waals surface area contributed by atoms with Gasteiger partial charge in [0.1, 0.15) is 0 Å². The summed E-state index contributed by atoms with van der Waals surface area (Å²) in [5.41, 5.74) is 12.4. The standard InChI is InChI=1S/C36H32ClN3.2C7H17Si.Fe/c1-23-19-25(3)33(26(4)20-23)39-35(28-13-8-6-9-14-28)31-17-12-18-32(38-31)36(29-15-10-7-11-16-29)40-34-27(5)21-24(2)22-30(34)37;2*1-5-8(4,6-2)7-3;/h6-22H,1-5H3;2*4-7H2,1-3H3;/q;2*-1;+2. The average Bonchev–Trinajstić information content (AvgIpc) is 3.21. The normalized spacial score (nSPS) is 11.8. The first-order chi connectivity index (χ1) is 26.7. The molecule has 5 rings (SSSR count). The van der Waals surface area contributed by atoms with Crippen molar-refractivity contribution < 1.29 is 17.1 Å². The number of pyridine rings is 1. The Labute approximate surface area is 364 Å². The van der Waals surface area contributed by atoms with Crippen molar-refractivity contribution in [2.45, 2.75) is 112 Å². The summed E-state index contributed by atoms with van der Waals surface area (Å²) in [4.78, 5) is 15.5. The number of rotatable bonds is 12. The van der Waals surface area contributed by atoms with Gasteiger partial charge >= 0.3 is 17.1 Å². The minimum Gasteiger partial charge on any atom is -0.342 e. The van der Waals surface area contributed by atoms with Crippen molar-refractivity contribution in [2.75, 3.05) is 0 Å². The molecule has 0 aliphatic rings. The first-order valence-corrected chi connectivity index (χ1v) is 26.5. The summed E-state index contributed by atoms with van der Waals surface area (Å²) >= 11 is 6.70. The van der Waals surface area contributed by atoms with Gasteiger partial charge in [-0.2, -0.15) is 0 Å². The third-order valence-corrected chi connectivity index (χ3v) is 20.6. The number of aliphatic imine (C=N–C) groups is 2. The Hall–Kier alpha value is -3.39. The zero-order valence-electron chi connectivity index (χ0n) is 36.5. The molecule has 5 aromatic rings. The fourth-order valence-corrected chi connectivity index (χ4v) is 9.92. The van der Waals surface area contributed by atoms with Gasteiger partial charge in [0.2, 0.25) is 0 Å². The van der Waals surface area contributed by atoms with Crippen molar-refractivity contribution in [2.24, 2.45) is 9.98 Å². The van der Waals surface area contributed by atoms with E-state index in [9.17, 15) is 0 Å². The largest absolute Gasteiger partial charge is 2.00 e. The van der Waals surface area contributed by atoms with Crippen LogP contribution < -0.4 is 0 Å². The molecule has 1 aromatic heterocycles. The molecule has 7 heteroatoms. The molecule has 0 spiro atoms. The van der Waals surface area contributed by atoms with Gasteiger partial charge in [-0.3, -0.25) is 0 Å². The predicted octanol–water partition coefficient (Wildman–Crippen LogP) is 15.3. The van der Waals surface area contributed by atoms with Crippen LogP contribution in [0.15, 0.2) is 113 Å². The van der Waals surface area contributed by atoms with Crippen LogP contribution in [0.25, 0.3) is 0 Å². The van der Waals surface area contributed by atoms with Crippen LogP contribution in [0.1, 0.15) is 91.9 Å². The third-order valence-electron chi connectivity index (χ3n) is 11.3. The Morgan fingerprint density at radius 1 is 0.509 bits per heavy atom. The fraction of sp³-hybridized carbons (Fsp3) is 0.340. The predicted molar refractivity (Wildman–Crippen MR) is 254 cm³/mol. The van der Waals surface area contributed by atoms with Crippen molar-refractivity contribution in [3.63, 3.8) is 0 Å². The van der Waals surface area contributed by atoms with E-state index in [1.807, 2.05) is 74.5 Å². The number of hydrogen-bond donors (Lipinski definition) is 0. The van der Waals surface area contributed by atoms with E-state index in [-0.39, 0.29) is 17.1 Å². The van der Waals surface area contributed by atoms with Crippen LogP contribution in [-0.4, -0.2) is 32.6 Å². The molecule has 1 heterocycles. The molecule has 0 amide bonds. The Morgan fingerprint density at radius 3 is 1.18 bits per heavy atom. The van der Waals surface area contributed by atoms with Gasteiger partial charge in [0, 0.05) is 11.1 Å². The van der Waals surface area contributed by atoms with Crippen molar-refractivity contribution in [1.29, 1.82) is 0 Å². The number of nitrogens with zero attached hydrogens (tertiary/aromatic N) is 3. The molecule has 0 N–H and O–H groups in total. The quantitative estimate of drug-likeness (QED) is 0.0700. The molecule has 0 radical (unpaired) electrons. The molecular formula is C50H66ClFeN3Si2. The summed E-state index contributed by atoms with van der Waals surface area (Å²) < 4.78 is 0. The maximum absolute atomic E-state index is 6.70. The Kier molecular flexibility index (Phi) is 20.8. The molecule has 0 atom stereocenters. The molecule has 304 valence electrons. The van der Waals surface area contributed by atoms with Gasteiger partial charge in [-0.25, -0.2) is 15.0 Å². The molecule has 0 bridgehead atoms. The number of hydrogen-bond acceptors (Lipinski definition) is 3. The van der Waals surface area contributed by atoms with Crippen LogP contribution in [0.3, 0.4) is 0 Å². The van der Waals surface area contributed by atoms with E-state index in [1.54, 1.807) is 0 Å². The second-order valence-electron chi connectivity index (χ2n) is 15.3. The summed E-state index contributed by atoms with van der Waals surface area (Å²) in [5.74, 6) is 0. The van der Waals surface area contributed by atoms with E-state index >= 15 is 0 Å². The minimum absolute atomic E-state index is 0. The van der Waals surface area contributed by atoms with E-state index < -0.39 is 16.1 Å². The number of aromatic nitrogens is 1. The number of benzene rings is 4. The van der Waals surface area contributed by atoms with Crippen LogP contribution in [0, 0.1) is 47.7 Å². The summed E-state index contributed by atoms with van der Waals surface area (Å²) in [5, 5.41) is 0.624. The topological polar surface area (TPSA) is 37.6 Å². The third kappa shape index (κ3) is 14.4. The zero-order valence-corrected chi connectivity index (χ0v) is 40.4. The van der Waals surface area contributed by atoms with Crippen molar-refractivity contribution in [3.8, 4) is 0 Å². The fourth-order valence-electron chi connectivity index (χ4n) is 6.55. The van der Waals surface area contributed by atoms with E-state index in [1.165, 1.54) is 41.8 Å². The van der Waals surface area contributed by atoms with Crippen LogP contribution in [0.5, 0.6) is 0 Å². The van der Waals surface area contributed by atoms with Gasteiger partial charge in [0.05, 0.1) is 39.2 Å². The number of halogens is 1. The first-order valence-electron chi connectivity index (χ1n) is 20.5. The molecule has 3 nitrogen and oxygen atoms in total. The van der Waals surface area contributed by atoms with Crippen LogP contribution in [0.2, 0.25) is 41.3 Å². The van der Waals surface area contributed by atoms with Crippen LogP contribution >= 0.6 is 11.6 Å². The molecule has 0 unspecified atom stereocenters. The van der Waals surface area contributed by atoms with Gasteiger partial charge < -0.3 is 13.1 Å². The summed E-state index contributed by atoms with van der Waals surface area (Å²) in [6, 6.07) is 42.9.